The second-order valence-electron chi connectivity index (χ2n) is 4.49. The van der Waals surface area contributed by atoms with Crippen molar-refractivity contribution in [1.82, 2.24) is 0 Å². The van der Waals surface area contributed by atoms with Gasteiger partial charge in [0.15, 0.2) is 5.78 Å². The molecule has 2 aromatic rings. The van der Waals surface area contributed by atoms with Gasteiger partial charge in [0.2, 0.25) is 0 Å². The summed E-state index contributed by atoms with van der Waals surface area (Å²) in [6, 6.07) is 12.9. The first-order chi connectivity index (χ1) is 11.0. The first kappa shape index (κ1) is 17.2. The van der Waals surface area contributed by atoms with Gasteiger partial charge in [0.1, 0.15) is 11.5 Å². The van der Waals surface area contributed by atoms with E-state index in [0.717, 1.165) is 10.5 Å². The van der Waals surface area contributed by atoms with Crippen molar-refractivity contribution in [3.63, 3.8) is 0 Å². The van der Waals surface area contributed by atoms with Crippen LogP contribution < -0.4 is 4.74 Å². The molecular formula is C16H12BBrF2O3. The van der Waals surface area contributed by atoms with Gasteiger partial charge in [-0.15, -0.1) is 0 Å². The Balaban J connectivity index is 2.32. The average Bonchev–Trinajstić information content (AvgIpc) is 2.54. The molecule has 0 bridgehead atoms. The third kappa shape index (κ3) is 4.92. The van der Waals surface area contributed by atoms with E-state index in [9.17, 15) is 13.4 Å². The molecule has 0 atom stereocenters. The van der Waals surface area contributed by atoms with Gasteiger partial charge < -0.3 is 9.39 Å². The second kappa shape index (κ2) is 7.92. The standard InChI is InChI=1S/C16H12BBrF2O3/c1-22-14-8-4-12(5-9-14)16(23-17(19)20)10-15(21)11-2-6-13(18)7-3-11/h2-10H,1H3/b16-10-. The first-order valence-electron chi connectivity index (χ1n) is 6.60. The van der Waals surface area contributed by atoms with E-state index in [2.05, 4.69) is 20.6 Å². The number of hydrogen-bond acceptors (Lipinski definition) is 3. The zero-order chi connectivity index (χ0) is 16.8. The molecule has 23 heavy (non-hydrogen) atoms. The minimum atomic E-state index is -3.03. The molecule has 0 aliphatic rings. The van der Waals surface area contributed by atoms with Gasteiger partial charge in [-0.1, -0.05) is 15.9 Å². The number of benzene rings is 2. The van der Waals surface area contributed by atoms with Crippen molar-refractivity contribution in [3.8, 4) is 5.75 Å². The monoisotopic (exact) mass is 380 g/mol. The summed E-state index contributed by atoms with van der Waals surface area (Å²) >= 11 is 3.27. The van der Waals surface area contributed by atoms with Crippen LogP contribution in [-0.2, 0) is 4.65 Å². The van der Waals surface area contributed by atoms with Crippen LogP contribution in [0.5, 0.6) is 5.75 Å². The van der Waals surface area contributed by atoms with Gasteiger partial charge in [-0.3, -0.25) is 4.79 Å². The number of carbonyl (C=O) groups is 1. The highest BCUT2D eigenvalue weighted by molar-refractivity contribution is 9.10. The molecule has 0 radical (unpaired) electrons. The van der Waals surface area contributed by atoms with Crippen LogP contribution >= 0.6 is 15.9 Å². The lowest BCUT2D eigenvalue weighted by atomic mass is 10.1. The summed E-state index contributed by atoms with van der Waals surface area (Å²) in [5.74, 6) is -0.0519. The molecule has 0 fully saturated rings. The lowest BCUT2D eigenvalue weighted by molar-refractivity contribution is 0.104. The number of ether oxygens (including phenoxy) is 1. The fourth-order valence-electron chi connectivity index (χ4n) is 1.85. The lowest BCUT2D eigenvalue weighted by Gasteiger charge is -2.09. The van der Waals surface area contributed by atoms with Crippen LogP contribution in [0.4, 0.5) is 8.63 Å². The van der Waals surface area contributed by atoms with E-state index in [1.807, 2.05) is 0 Å². The number of hydrogen-bond donors (Lipinski definition) is 0. The van der Waals surface area contributed by atoms with E-state index < -0.39 is 13.3 Å². The predicted octanol–water partition coefficient (Wildman–Crippen LogP) is 4.62. The van der Waals surface area contributed by atoms with Crippen molar-refractivity contribution >= 4 is 34.9 Å². The summed E-state index contributed by atoms with van der Waals surface area (Å²) in [5.41, 5.74) is 0.730. The largest absolute Gasteiger partial charge is 0.796 e. The fourth-order valence-corrected chi connectivity index (χ4v) is 2.12. The van der Waals surface area contributed by atoms with Gasteiger partial charge in [-0.2, -0.15) is 0 Å². The van der Waals surface area contributed by atoms with Gasteiger partial charge in [0, 0.05) is 21.7 Å². The zero-order valence-electron chi connectivity index (χ0n) is 12.1. The molecule has 2 aromatic carbocycles. The van der Waals surface area contributed by atoms with Gasteiger partial charge in [0.25, 0.3) is 0 Å². The molecule has 0 heterocycles. The zero-order valence-corrected chi connectivity index (χ0v) is 13.7. The molecule has 118 valence electrons. The van der Waals surface area contributed by atoms with Gasteiger partial charge in [0.05, 0.1) is 7.11 Å². The smallest absolute Gasteiger partial charge is 0.505 e. The maximum atomic E-state index is 12.6. The Morgan fingerprint density at radius 1 is 1.04 bits per heavy atom. The molecule has 0 aromatic heterocycles. The number of methoxy groups -OCH3 is 1. The van der Waals surface area contributed by atoms with Crippen LogP contribution in [0.15, 0.2) is 59.1 Å². The minimum absolute atomic E-state index is 0.199. The van der Waals surface area contributed by atoms with Crippen molar-refractivity contribution in [3.05, 3.63) is 70.2 Å². The summed E-state index contributed by atoms with van der Waals surface area (Å²) in [5, 5.41) is 0. The van der Waals surface area contributed by atoms with E-state index in [1.165, 1.54) is 7.11 Å². The molecule has 0 spiro atoms. The van der Waals surface area contributed by atoms with Crippen LogP contribution in [0, 0.1) is 0 Å². The molecule has 0 saturated carbocycles. The van der Waals surface area contributed by atoms with Crippen molar-refractivity contribution < 1.29 is 22.8 Å². The molecule has 2 rings (SSSR count). The van der Waals surface area contributed by atoms with Gasteiger partial charge in [-0.05, 0) is 48.5 Å². The van der Waals surface area contributed by atoms with E-state index in [-0.39, 0.29) is 5.76 Å². The van der Waals surface area contributed by atoms with E-state index in [4.69, 9.17) is 4.74 Å². The van der Waals surface area contributed by atoms with Crippen LogP contribution in [0.1, 0.15) is 15.9 Å². The highest BCUT2D eigenvalue weighted by atomic mass is 79.9. The van der Waals surface area contributed by atoms with Crippen molar-refractivity contribution in [2.45, 2.75) is 0 Å². The summed E-state index contributed by atoms with van der Waals surface area (Å²) in [6.45, 7) is 0. The Morgan fingerprint density at radius 3 is 2.13 bits per heavy atom. The predicted molar refractivity (Wildman–Crippen MR) is 88.5 cm³/mol. The summed E-state index contributed by atoms with van der Waals surface area (Å²) in [6.07, 6.45) is 1.05. The third-order valence-electron chi connectivity index (χ3n) is 2.98. The van der Waals surface area contributed by atoms with Crippen LogP contribution in [0.2, 0.25) is 0 Å². The summed E-state index contributed by atoms with van der Waals surface area (Å²) in [7, 11) is -1.53. The van der Waals surface area contributed by atoms with E-state index >= 15 is 0 Å². The van der Waals surface area contributed by atoms with Crippen molar-refractivity contribution in [2.75, 3.05) is 7.11 Å². The van der Waals surface area contributed by atoms with Crippen LogP contribution in [0.25, 0.3) is 5.76 Å². The number of ketones is 1. The van der Waals surface area contributed by atoms with E-state index in [1.54, 1.807) is 48.5 Å². The summed E-state index contributed by atoms with van der Waals surface area (Å²) < 4.78 is 35.5. The van der Waals surface area contributed by atoms with Crippen molar-refractivity contribution in [2.24, 2.45) is 0 Å². The van der Waals surface area contributed by atoms with Crippen molar-refractivity contribution in [1.29, 1.82) is 0 Å². The number of carbonyl (C=O) groups excluding carboxylic acids is 1. The molecule has 3 nitrogen and oxygen atoms in total. The Bertz CT molecular complexity index is 700. The van der Waals surface area contributed by atoms with Gasteiger partial charge in [-0.25, -0.2) is 8.63 Å². The molecule has 7 heteroatoms. The summed E-state index contributed by atoms with van der Waals surface area (Å²) in [4.78, 5) is 12.2. The molecule has 0 aliphatic heterocycles. The molecule has 0 unspecified atom stereocenters. The van der Waals surface area contributed by atoms with Gasteiger partial charge >= 0.3 is 7.47 Å². The number of halogens is 3. The van der Waals surface area contributed by atoms with Crippen LogP contribution in [0.3, 0.4) is 0 Å². The van der Waals surface area contributed by atoms with E-state index in [0.29, 0.717) is 16.9 Å². The highest BCUT2D eigenvalue weighted by Gasteiger charge is 2.21. The maximum Gasteiger partial charge on any atom is 0.796 e. The Kier molecular flexibility index (Phi) is 5.93. The lowest BCUT2D eigenvalue weighted by Crippen LogP contribution is -2.06. The normalized spacial score (nSPS) is 11.0. The quantitative estimate of drug-likeness (QED) is 0.317. The maximum absolute atomic E-state index is 12.6. The number of rotatable bonds is 6. The highest BCUT2D eigenvalue weighted by Crippen LogP contribution is 2.22. The molecule has 0 N–H and O–H groups in total. The second-order valence-corrected chi connectivity index (χ2v) is 5.40. The first-order valence-corrected chi connectivity index (χ1v) is 7.39. The molecule has 0 amide bonds. The average molecular weight is 381 g/mol. The Labute approximate surface area is 141 Å². The Morgan fingerprint density at radius 2 is 1.61 bits per heavy atom. The minimum Gasteiger partial charge on any atom is -0.505 e. The van der Waals surface area contributed by atoms with Crippen LogP contribution in [-0.4, -0.2) is 20.4 Å². The fraction of sp³-hybridized carbons (Fsp3) is 0.0625. The topological polar surface area (TPSA) is 35.5 Å². The number of allylic oxidation sites excluding steroid dienone is 1. The third-order valence-corrected chi connectivity index (χ3v) is 3.51. The molecular weight excluding hydrogens is 369 g/mol. The molecule has 0 aliphatic carbocycles. The SMILES string of the molecule is COc1ccc(/C(=C/C(=O)c2ccc(Br)cc2)OB(F)F)cc1. The molecule has 0 saturated heterocycles. The Hall–Kier alpha value is -2.15.